The van der Waals surface area contributed by atoms with Crippen molar-refractivity contribution in [2.75, 3.05) is 13.2 Å². The van der Waals surface area contributed by atoms with E-state index >= 15 is 0 Å². The van der Waals surface area contributed by atoms with Crippen molar-refractivity contribution >= 4 is 11.9 Å². The molecular formula is C11H17NO5. The van der Waals surface area contributed by atoms with E-state index in [9.17, 15) is 9.59 Å². The van der Waals surface area contributed by atoms with E-state index in [1.54, 1.807) is 0 Å². The van der Waals surface area contributed by atoms with Gasteiger partial charge in [-0.2, -0.15) is 0 Å². The van der Waals surface area contributed by atoms with Gasteiger partial charge < -0.3 is 19.9 Å². The van der Waals surface area contributed by atoms with Crippen LogP contribution in [0.15, 0.2) is 0 Å². The van der Waals surface area contributed by atoms with Crippen LogP contribution in [0.4, 0.5) is 0 Å². The van der Waals surface area contributed by atoms with Crippen molar-refractivity contribution in [1.82, 2.24) is 5.32 Å². The number of carboxylic acid groups (broad SMARTS) is 1. The van der Waals surface area contributed by atoms with Gasteiger partial charge in [0.25, 0.3) is 0 Å². The highest BCUT2D eigenvalue weighted by molar-refractivity contribution is 5.82. The number of carbonyl (C=O) groups is 2. The number of carboxylic acids is 1. The van der Waals surface area contributed by atoms with E-state index in [1.807, 2.05) is 0 Å². The predicted molar refractivity (Wildman–Crippen MR) is 57.5 cm³/mol. The first kappa shape index (κ1) is 12.3. The fourth-order valence-corrected chi connectivity index (χ4v) is 2.15. The smallest absolute Gasteiger partial charge is 0.332 e. The molecule has 3 atom stereocenters. The zero-order chi connectivity index (χ0) is 12.3. The molecule has 0 radical (unpaired) electrons. The van der Waals surface area contributed by atoms with E-state index in [0.717, 1.165) is 19.4 Å². The Kier molecular flexibility index (Phi) is 3.96. The first-order valence-electron chi connectivity index (χ1n) is 5.94. The molecule has 2 N–H and O–H groups in total. The van der Waals surface area contributed by atoms with Crippen molar-refractivity contribution in [1.29, 1.82) is 0 Å². The lowest BCUT2D eigenvalue weighted by atomic mass is 10.2. The molecule has 17 heavy (non-hydrogen) atoms. The van der Waals surface area contributed by atoms with Gasteiger partial charge in [0.1, 0.15) is 6.10 Å². The highest BCUT2D eigenvalue weighted by Crippen LogP contribution is 2.20. The van der Waals surface area contributed by atoms with Crippen LogP contribution in [0, 0.1) is 0 Å². The lowest BCUT2D eigenvalue weighted by Crippen LogP contribution is -2.39. The van der Waals surface area contributed by atoms with Gasteiger partial charge in [0.2, 0.25) is 5.91 Å². The molecule has 0 aromatic heterocycles. The Morgan fingerprint density at radius 2 is 2.00 bits per heavy atom. The minimum absolute atomic E-state index is 0.0932. The molecule has 0 bridgehead atoms. The molecule has 2 fully saturated rings. The summed E-state index contributed by atoms with van der Waals surface area (Å²) in [7, 11) is 0. The van der Waals surface area contributed by atoms with Crippen molar-refractivity contribution in [3.8, 4) is 0 Å². The third-order valence-corrected chi connectivity index (χ3v) is 3.12. The average Bonchev–Trinajstić information content (AvgIpc) is 2.96. The van der Waals surface area contributed by atoms with Crippen LogP contribution in [0.25, 0.3) is 0 Å². The second-order valence-electron chi connectivity index (χ2n) is 4.41. The lowest BCUT2D eigenvalue weighted by molar-refractivity contribution is -0.151. The van der Waals surface area contributed by atoms with Crippen LogP contribution in [0.1, 0.15) is 25.7 Å². The molecule has 1 amide bonds. The number of rotatable bonds is 4. The van der Waals surface area contributed by atoms with Gasteiger partial charge in [-0.1, -0.05) is 0 Å². The lowest BCUT2D eigenvalue weighted by Gasteiger charge is -2.14. The number of aliphatic carboxylic acids is 1. The predicted octanol–water partition coefficient (Wildman–Crippen LogP) is -0.0862. The highest BCUT2D eigenvalue weighted by atomic mass is 16.5. The van der Waals surface area contributed by atoms with Gasteiger partial charge in [-0.15, -0.1) is 0 Å². The molecule has 3 unspecified atom stereocenters. The molecule has 2 saturated heterocycles. The SMILES string of the molecule is O=C(O)C1CCC(C(=O)NCC2CCCO2)O1. The summed E-state index contributed by atoms with van der Waals surface area (Å²) in [6.07, 6.45) is 1.48. The van der Waals surface area contributed by atoms with Gasteiger partial charge in [0, 0.05) is 13.2 Å². The summed E-state index contributed by atoms with van der Waals surface area (Å²) in [6.45, 7) is 1.23. The normalized spacial score (nSPS) is 32.6. The minimum atomic E-state index is -1.00. The average molecular weight is 243 g/mol. The fraction of sp³-hybridized carbons (Fsp3) is 0.818. The van der Waals surface area contributed by atoms with Gasteiger partial charge in [-0.25, -0.2) is 4.79 Å². The molecule has 6 heteroatoms. The summed E-state index contributed by atoms with van der Waals surface area (Å²) in [5, 5.41) is 11.5. The van der Waals surface area contributed by atoms with Crippen molar-refractivity contribution < 1.29 is 24.2 Å². The zero-order valence-corrected chi connectivity index (χ0v) is 9.55. The molecule has 2 aliphatic rings. The molecule has 6 nitrogen and oxygen atoms in total. The first-order valence-corrected chi connectivity index (χ1v) is 5.94. The van der Waals surface area contributed by atoms with E-state index < -0.39 is 18.2 Å². The van der Waals surface area contributed by atoms with Crippen LogP contribution in [0.2, 0.25) is 0 Å². The Bertz CT molecular complexity index is 300. The van der Waals surface area contributed by atoms with Crippen molar-refractivity contribution in [2.45, 2.75) is 44.0 Å². The summed E-state index contributed by atoms with van der Waals surface area (Å²) in [5.41, 5.74) is 0. The summed E-state index contributed by atoms with van der Waals surface area (Å²) in [6, 6.07) is 0. The number of hydrogen-bond donors (Lipinski definition) is 2. The van der Waals surface area contributed by atoms with Gasteiger partial charge >= 0.3 is 5.97 Å². The van der Waals surface area contributed by atoms with E-state index in [0.29, 0.717) is 19.4 Å². The summed E-state index contributed by atoms with van der Waals surface area (Å²) >= 11 is 0. The largest absolute Gasteiger partial charge is 0.479 e. The van der Waals surface area contributed by atoms with Crippen LogP contribution >= 0.6 is 0 Å². The molecule has 0 aromatic rings. The maximum absolute atomic E-state index is 11.7. The van der Waals surface area contributed by atoms with Crippen molar-refractivity contribution in [3.63, 3.8) is 0 Å². The topological polar surface area (TPSA) is 84.9 Å². The van der Waals surface area contributed by atoms with Crippen LogP contribution in [-0.4, -0.2) is 48.4 Å². The maximum atomic E-state index is 11.7. The van der Waals surface area contributed by atoms with Crippen molar-refractivity contribution in [2.24, 2.45) is 0 Å². The van der Waals surface area contributed by atoms with E-state index in [2.05, 4.69) is 5.32 Å². The second-order valence-corrected chi connectivity index (χ2v) is 4.41. The Morgan fingerprint density at radius 3 is 2.59 bits per heavy atom. The van der Waals surface area contributed by atoms with Gasteiger partial charge in [-0.05, 0) is 25.7 Å². The first-order chi connectivity index (χ1) is 8.16. The van der Waals surface area contributed by atoms with Crippen LogP contribution in [0.5, 0.6) is 0 Å². The number of hydrogen-bond acceptors (Lipinski definition) is 4. The third-order valence-electron chi connectivity index (χ3n) is 3.12. The summed E-state index contributed by atoms with van der Waals surface area (Å²) in [5.74, 6) is -1.23. The Labute approximate surface area is 99.3 Å². The second kappa shape index (κ2) is 5.46. The molecular weight excluding hydrogens is 226 g/mol. The van der Waals surface area contributed by atoms with Gasteiger partial charge in [0.05, 0.1) is 6.10 Å². The van der Waals surface area contributed by atoms with E-state index in [4.69, 9.17) is 14.6 Å². The molecule has 2 rings (SSSR count). The zero-order valence-electron chi connectivity index (χ0n) is 9.55. The minimum Gasteiger partial charge on any atom is -0.479 e. The standard InChI is InChI=1S/C11H17NO5/c13-10(12-6-7-2-1-5-16-7)8-3-4-9(17-8)11(14)15/h7-9H,1-6H2,(H,12,13)(H,14,15). The van der Waals surface area contributed by atoms with Crippen LogP contribution in [0.3, 0.4) is 0 Å². The number of carbonyl (C=O) groups excluding carboxylic acids is 1. The molecule has 2 heterocycles. The number of nitrogens with one attached hydrogen (secondary N) is 1. The molecule has 96 valence electrons. The Balaban J connectivity index is 1.71. The highest BCUT2D eigenvalue weighted by Gasteiger charge is 2.34. The molecule has 0 saturated carbocycles. The summed E-state index contributed by atoms with van der Waals surface area (Å²) < 4.78 is 10.5. The van der Waals surface area contributed by atoms with Crippen LogP contribution < -0.4 is 5.32 Å². The van der Waals surface area contributed by atoms with E-state index in [1.165, 1.54) is 0 Å². The molecule has 0 aromatic carbocycles. The van der Waals surface area contributed by atoms with Gasteiger partial charge in [-0.3, -0.25) is 4.79 Å². The fourth-order valence-electron chi connectivity index (χ4n) is 2.15. The van der Waals surface area contributed by atoms with E-state index in [-0.39, 0.29) is 12.0 Å². The molecule has 2 aliphatic heterocycles. The number of amides is 1. The van der Waals surface area contributed by atoms with Crippen LogP contribution in [-0.2, 0) is 19.1 Å². The third kappa shape index (κ3) is 3.17. The Hall–Kier alpha value is -1.14. The summed E-state index contributed by atoms with van der Waals surface area (Å²) in [4.78, 5) is 22.3. The monoisotopic (exact) mass is 243 g/mol. The Morgan fingerprint density at radius 1 is 1.24 bits per heavy atom. The maximum Gasteiger partial charge on any atom is 0.332 e. The van der Waals surface area contributed by atoms with Gasteiger partial charge in [0.15, 0.2) is 6.10 Å². The quantitative estimate of drug-likeness (QED) is 0.721. The van der Waals surface area contributed by atoms with Crippen molar-refractivity contribution in [3.05, 3.63) is 0 Å². The number of ether oxygens (including phenoxy) is 2. The molecule has 0 spiro atoms. The molecule has 0 aliphatic carbocycles.